The number of hydrogen-bond donors (Lipinski definition) is 4. The van der Waals surface area contributed by atoms with Crippen LogP contribution in [0.1, 0.15) is 67.8 Å². The molecule has 0 aliphatic carbocycles. The molecule has 0 spiro atoms. The Morgan fingerprint density at radius 2 is 1.29 bits per heavy atom. The molecule has 0 aliphatic heterocycles. The zero-order valence-electron chi connectivity index (χ0n) is 31.6. The Labute approximate surface area is 332 Å². The summed E-state index contributed by atoms with van der Waals surface area (Å²) in [5, 5.41) is 5.93. The minimum Gasteiger partial charge on any atom is -0.461 e. The van der Waals surface area contributed by atoms with E-state index in [9.17, 15) is 24.0 Å². The number of amides is 4. The lowest BCUT2D eigenvalue weighted by Gasteiger charge is -2.35. The Bertz CT molecular complexity index is 1840. The van der Waals surface area contributed by atoms with Gasteiger partial charge >= 0.3 is 12.1 Å². The Morgan fingerprint density at radius 1 is 0.714 bits per heavy atom. The van der Waals surface area contributed by atoms with Crippen LogP contribution in [0.3, 0.4) is 0 Å². The highest BCUT2D eigenvalue weighted by Crippen LogP contribution is 2.25. The number of rotatable bonds is 19. The van der Waals surface area contributed by atoms with E-state index in [2.05, 4.69) is 10.6 Å². The lowest BCUT2D eigenvalue weighted by atomic mass is 9.96. The van der Waals surface area contributed by atoms with Crippen LogP contribution in [0, 0.1) is 5.92 Å². The molecule has 4 rings (SSSR count). The van der Waals surface area contributed by atoms with Crippen molar-refractivity contribution in [3.8, 4) is 0 Å². The summed E-state index contributed by atoms with van der Waals surface area (Å²) in [7, 11) is 0. The molecule has 0 radical (unpaired) electrons. The smallest absolute Gasteiger partial charge is 0.417 e. The number of nitrogens with zero attached hydrogens (tertiary/aromatic N) is 1. The van der Waals surface area contributed by atoms with Gasteiger partial charge in [-0.25, -0.2) is 9.69 Å². The normalized spacial score (nSPS) is 12.6. The summed E-state index contributed by atoms with van der Waals surface area (Å²) in [6.45, 7) is 3.30. The number of carbonyl (C=O) groups is 5. The van der Waals surface area contributed by atoms with Crippen LogP contribution in [0.15, 0.2) is 115 Å². The third-order valence-electron chi connectivity index (χ3n) is 9.01. The molecule has 296 valence electrons. The highest BCUT2D eigenvalue weighted by molar-refractivity contribution is 6.31. The maximum absolute atomic E-state index is 14.8. The van der Waals surface area contributed by atoms with Crippen molar-refractivity contribution in [3.05, 3.63) is 143 Å². The summed E-state index contributed by atoms with van der Waals surface area (Å²) in [6.07, 6.45) is -0.446. The van der Waals surface area contributed by atoms with Gasteiger partial charge in [0.05, 0.1) is 18.5 Å². The monoisotopic (exact) mass is 783 g/mol. The van der Waals surface area contributed by atoms with Gasteiger partial charge in [0.25, 0.3) is 5.91 Å². The molecule has 12 nitrogen and oxygen atoms in total. The van der Waals surface area contributed by atoms with Crippen LogP contribution < -0.4 is 22.1 Å². The van der Waals surface area contributed by atoms with Gasteiger partial charge in [-0.05, 0) is 48.1 Å². The summed E-state index contributed by atoms with van der Waals surface area (Å²) in [4.78, 5) is 71.0. The van der Waals surface area contributed by atoms with E-state index in [1.165, 1.54) is 0 Å². The summed E-state index contributed by atoms with van der Waals surface area (Å²) >= 11 is 6.35. The molecule has 3 atom stereocenters. The van der Waals surface area contributed by atoms with E-state index in [0.29, 0.717) is 40.4 Å². The predicted molar refractivity (Wildman–Crippen MR) is 214 cm³/mol. The lowest BCUT2D eigenvalue weighted by molar-refractivity contribution is -0.150. The Kier molecular flexibility index (Phi) is 17.0. The average Bonchev–Trinajstić information content (AvgIpc) is 3.21. The molecule has 6 N–H and O–H groups in total. The Balaban J connectivity index is 1.72. The first kappa shape index (κ1) is 43.2. The van der Waals surface area contributed by atoms with Crippen molar-refractivity contribution in [1.29, 1.82) is 0 Å². The third kappa shape index (κ3) is 12.8. The minimum absolute atomic E-state index is 0.103. The molecule has 0 aliphatic rings. The number of carbonyl (C=O) groups excluding carboxylic acids is 5. The lowest BCUT2D eigenvalue weighted by Crippen LogP contribution is -2.61. The molecular formula is C43H50ClN5O7. The molecular weight excluding hydrogens is 734 g/mol. The van der Waals surface area contributed by atoms with E-state index in [0.717, 1.165) is 11.1 Å². The van der Waals surface area contributed by atoms with Crippen LogP contribution in [0.4, 0.5) is 4.79 Å². The molecule has 0 saturated heterocycles. The molecule has 4 aromatic carbocycles. The van der Waals surface area contributed by atoms with E-state index in [4.69, 9.17) is 32.5 Å². The first-order valence-electron chi connectivity index (χ1n) is 18.6. The largest absolute Gasteiger partial charge is 0.461 e. The number of ether oxygens (including phenoxy) is 2. The fourth-order valence-electron chi connectivity index (χ4n) is 6.01. The van der Waals surface area contributed by atoms with Crippen molar-refractivity contribution in [1.82, 2.24) is 15.5 Å². The maximum atomic E-state index is 14.8. The molecule has 4 amide bonds. The van der Waals surface area contributed by atoms with Crippen molar-refractivity contribution in [3.63, 3.8) is 0 Å². The van der Waals surface area contributed by atoms with E-state index < -0.39 is 66.3 Å². The molecule has 0 bridgehead atoms. The van der Waals surface area contributed by atoms with Crippen LogP contribution in [0.5, 0.6) is 0 Å². The standard InChI is InChI=1S/C43H50ClN5O7/c1-29(2)39(41(52)48-38(31-18-8-4-9-19-31)32-20-10-5-11-21-32)49(43(54)56-28-33-22-12-13-23-34(33)44)42(53)36(47-40(51)35(46)24-14-15-25-45)26-37(50)55-27-30-16-6-3-7-17-30/h3-13,16-23,29,35-36,38-39H,14-15,24-28,45-46H2,1-2H3,(H,47,51)(H,48,52)/t35-,36-,39-/m0/s1. The second-order valence-electron chi connectivity index (χ2n) is 13.6. The minimum atomic E-state index is -1.67. The van der Waals surface area contributed by atoms with Crippen molar-refractivity contribution >= 4 is 41.4 Å². The molecule has 13 heteroatoms. The van der Waals surface area contributed by atoms with Crippen molar-refractivity contribution in [2.24, 2.45) is 17.4 Å². The predicted octanol–water partition coefficient (Wildman–Crippen LogP) is 5.81. The van der Waals surface area contributed by atoms with Gasteiger partial charge in [0, 0.05) is 10.6 Å². The van der Waals surface area contributed by atoms with Gasteiger partial charge in [-0.15, -0.1) is 0 Å². The van der Waals surface area contributed by atoms with E-state index >= 15 is 0 Å². The number of halogens is 1. The molecule has 0 fully saturated rings. The zero-order chi connectivity index (χ0) is 40.5. The summed E-state index contributed by atoms with van der Waals surface area (Å²) in [5.41, 5.74) is 14.5. The third-order valence-corrected chi connectivity index (χ3v) is 9.38. The Morgan fingerprint density at radius 3 is 1.86 bits per heavy atom. The molecule has 0 saturated carbocycles. The SMILES string of the molecule is CC(C)[C@@H](C(=O)NC(c1ccccc1)c1ccccc1)N(C(=O)OCc1ccccc1Cl)C(=O)[C@H](CC(=O)OCc1ccccc1)NC(=O)[C@@H](N)CCCCN. The van der Waals surface area contributed by atoms with Gasteiger partial charge < -0.3 is 31.6 Å². The van der Waals surface area contributed by atoms with E-state index in [1.807, 2.05) is 66.7 Å². The van der Waals surface area contributed by atoms with Crippen LogP contribution in [0.25, 0.3) is 0 Å². The van der Waals surface area contributed by atoms with Crippen LogP contribution in [-0.2, 0) is 41.9 Å². The molecule has 0 aromatic heterocycles. The number of nitrogens with two attached hydrogens (primary N) is 2. The molecule has 0 unspecified atom stereocenters. The van der Waals surface area contributed by atoms with Crippen molar-refractivity contribution < 1.29 is 33.4 Å². The van der Waals surface area contributed by atoms with Crippen molar-refractivity contribution in [2.45, 2.75) is 76.9 Å². The quantitative estimate of drug-likeness (QED) is 0.0674. The van der Waals surface area contributed by atoms with Gasteiger partial charge in [0.15, 0.2) is 0 Å². The molecule has 4 aromatic rings. The number of benzene rings is 4. The topological polar surface area (TPSA) is 183 Å². The summed E-state index contributed by atoms with van der Waals surface area (Å²) in [6, 6.07) is 29.2. The molecule has 0 heterocycles. The fraction of sp³-hybridized carbons (Fsp3) is 0.326. The summed E-state index contributed by atoms with van der Waals surface area (Å²) < 4.78 is 11.1. The number of unbranched alkanes of at least 4 members (excludes halogenated alkanes) is 1. The van der Waals surface area contributed by atoms with E-state index in [-0.39, 0.29) is 19.6 Å². The summed E-state index contributed by atoms with van der Waals surface area (Å²) in [5.74, 6) is -4.01. The number of imide groups is 1. The zero-order valence-corrected chi connectivity index (χ0v) is 32.4. The van der Waals surface area contributed by atoms with Crippen LogP contribution >= 0.6 is 11.6 Å². The average molecular weight is 784 g/mol. The van der Waals surface area contributed by atoms with Gasteiger partial charge in [-0.1, -0.05) is 141 Å². The Hall–Kier alpha value is -5.56. The second kappa shape index (κ2) is 22.1. The van der Waals surface area contributed by atoms with Gasteiger partial charge in [0.2, 0.25) is 11.8 Å². The van der Waals surface area contributed by atoms with Crippen molar-refractivity contribution in [2.75, 3.05) is 6.54 Å². The highest BCUT2D eigenvalue weighted by Gasteiger charge is 2.43. The first-order chi connectivity index (χ1) is 27.0. The van der Waals surface area contributed by atoms with E-state index in [1.54, 1.807) is 62.4 Å². The van der Waals surface area contributed by atoms with Gasteiger partial charge in [-0.3, -0.25) is 19.2 Å². The number of hydrogen-bond acceptors (Lipinski definition) is 9. The van der Waals surface area contributed by atoms with Crippen LogP contribution in [-0.4, -0.2) is 59.4 Å². The highest BCUT2D eigenvalue weighted by atomic mass is 35.5. The first-order valence-corrected chi connectivity index (χ1v) is 19.0. The maximum Gasteiger partial charge on any atom is 0.417 e. The number of nitrogens with one attached hydrogen (secondary N) is 2. The van der Waals surface area contributed by atoms with Gasteiger partial charge in [-0.2, -0.15) is 0 Å². The fourth-order valence-corrected chi connectivity index (χ4v) is 6.20. The van der Waals surface area contributed by atoms with Crippen LogP contribution in [0.2, 0.25) is 5.02 Å². The second-order valence-corrected chi connectivity index (χ2v) is 14.0. The number of esters is 1. The molecule has 56 heavy (non-hydrogen) atoms. The van der Waals surface area contributed by atoms with Gasteiger partial charge in [0.1, 0.15) is 25.3 Å².